The summed E-state index contributed by atoms with van der Waals surface area (Å²) in [5.74, 6) is -1.37. The number of nitrogens with one attached hydrogen (secondary N) is 1. The summed E-state index contributed by atoms with van der Waals surface area (Å²) in [6.07, 6.45) is 0.337. The molecule has 1 aliphatic carbocycles. The molecule has 34 heavy (non-hydrogen) atoms. The Balaban J connectivity index is 1.67. The zero-order valence-corrected chi connectivity index (χ0v) is 20.3. The summed E-state index contributed by atoms with van der Waals surface area (Å²) in [5.41, 5.74) is 4.49. The number of benzene rings is 2. The predicted molar refractivity (Wildman–Crippen MR) is 131 cm³/mol. The van der Waals surface area contributed by atoms with Crippen LogP contribution in [0.4, 0.5) is 4.79 Å². The van der Waals surface area contributed by atoms with Gasteiger partial charge in [-0.2, -0.15) is 0 Å². The van der Waals surface area contributed by atoms with Crippen molar-refractivity contribution in [3.63, 3.8) is 0 Å². The van der Waals surface area contributed by atoms with Crippen LogP contribution in [0.3, 0.4) is 0 Å². The van der Waals surface area contributed by atoms with Gasteiger partial charge in [0.1, 0.15) is 12.6 Å². The minimum atomic E-state index is -0.976. The third-order valence-electron chi connectivity index (χ3n) is 6.15. The Hall–Kier alpha value is -3.35. The number of carboxylic acid groups (broad SMARTS) is 1. The fraction of sp³-hybridized carbons (Fsp3) is 0.444. The zero-order chi connectivity index (χ0) is 24.9. The second-order valence-corrected chi connectivity index (χ2v) is 10.0. The molecule has 0 bridgehead atoms. The smallest absolute Gasteiger partial charge is 0.407 e. The molecule has 1 aliphatic rings. The number of amides is 2. The van der Waals surface area contributed by atoms with Crippen LogP contribution in [0, 0.1) is 5.41 Å². The van der Waals surface area contributed by atoms with Gasteiger partial charge < -0.3 is 20.1 Å². The molecule has 2 N–H and O–H groups in total. The van der Waals surface area contributed by atoms with Crippen LogP contribution >= 0.6 is 0 Å². The highest BCUT2D eigenvalue weighted by Crippen LogP contribution is 2.44. The summed E-state index contributed by atoms with van der Waals surface area (Å²) < 4.78 is 5.62. The van der Waals surface area contributed by atoms with E-state index in [1.165, 1.54) is 4.90 Å². The highest BCUT2D eigenvalue weighted by atomic mass is 16.5. The molecule has 7 nitrogen and oxygen atoms in total. The van der Waals surface area contributed by atoms with Crippen molar-refractivity contribution in [1.82, 2.24) is 10.2 Å². The Morgan fingerprint density at radius 1 is 1.03 bits per heavy atom. The second kappa shape index (κ2) is 10.7. The van der Waals surface area contributed by atoms with Crippen molar-refractivity contribution in [1.29, 1.82) is 0 Å². The van der Waals surface area contributed by atoms with Gasteiger partial charge in [-0.3, -0.25) is 9.59 Å². The van der Waals surface area contributed by atoms with E-state index in [-0.39, 0.29) is 36.8 Å². The van der Waals surface area contributed by atoms with Crippen molar-refractivity contribution >= 4 is 18.0 Å². The first kappa shape index (κ1) is 25.3. The molecule has 0 heterocycles. The van der Waals surface area contributed by atoms with Gasteiger partial charge in [-0.25, -0.2) is 4.79 Å². The van der Waals surface area contributed by atoms with Gasteiger partial charge in [0.2, 0.25) is 5.91 Å². The maximum atomic E-state index is 13.0. The van der Waals surface area contributed by atoms with Crippen LogP contribution in [-0.2, 0) is 14.3 Å². The molecule has 2 aromatic rings. The van der Waals surface area contributed by atoms with Crippen LogP contribution in [0.1, 0.15) is 57.1 Å². The molecule has 0 saturated heterocycles. The molecule has 1 atom stereocenters. The van der Waals surface area contributed by atoms with E-state index >= 15 is 0 Å². The zero-order valence-electron chi connectivity index (χ0n) is 20.3. The number of ether oxygens (including phenoxy) is 1. The normalized spacial score (nSPS) is 13.5. The lowest BCUT2D eigenvalue weighted by Gasteiger charge is -2.27. The predicted octanol–water partition coefficient (Wildman–Crippen LogP) is 4.65. The van der Waals surface area contributed by atoms with Crippen LogP contribution in [0.2, 0.25) is 0 Å². The van der Waals surface area contributed by atoms with Crippen LogP contribution in [0.15, 0.2) is 48.5 Å². The van der Waals surface area contributed by atoms with Crippen molar-refractivity contribution in [3.05, 3.63) is 59.7 Å². The summed E-state index contributed by atoms with van der Waals surface area (Å²) in [5, 5.41) is 11.7. The van der Waals surface area contributed by atoms with Gasteiger partial charge in [0.15, 0.2) is 0 Å². The van der Waals surface area contributed by atoms with Gasteiger partial charge in [-0.05, 0) is 40.5 Å². The largest absolute Gasteiger partial charge is 0.481 e. The molecule has 2 aromatic carbocycles. The highest BCUT2D eigenvalue weighted by molar-refractivity contribution is 5.86. The maximum absolute atomic E-state index is 13.0. The van der Waals surface area contributed by atoms with Crippen molar-refractivity contribution in [2.45, 2.75) is 52.0 Å². The van der Waals surface area contributed by atoms with E-state index in [9.17, 15) is 14.4 Å². The Bertz CT molecular complexity index is 998. The molecular weight excluding hydrogens is 432 g/mol. The number of carbonyl (C=O) groups is 3. The molecule has 0 fully saturated rings. The first-order valence-corrected chi connectivity index (χ1v) is 11.6. The van der Waals surface area contributed by atoms with Gasteiger partial charge in [0.05, 0.1) is 6.42 Å². The lowest BCUT2D eigenvalue weighted by Crippen LogP contribution is -2.48. The Morgan fingerprint density at radius 3 is 2.12 bits per heavy atom. The summed E-state index contributed by atoms with van der Waals surface area (Å²) in [7, 11) is 1.55. The topological polar surface area (TPSA) is 95.9 Å². The molecule has 182 valence electrons. The average molecular weight is 467 g/mol. The minimum Gasteiger partial charge on any atom is -0.481 e. The highest BCUT2D eigenvalue weighted by Gasteiger charge is 2.30. The standard InChI is InChI=1S/C27H34N2O5/c1-27(2,3)15-13-23(25(32)29(4)16-14-24(30)31)28-26(33)34-17-22-20-11-7-5-9-18(20)19-10-6-8-12-21(19)22/h5-12,22-23H,13-17H2,1-4H3,(H,28,33)(H,30,31). The number of hydrogen-bond acceptors (Lipinski definition) is 4. The molecule has 7 heteroatoms. The number of fused-ring (bicyclic) bond motifs is 3. The van der Waals surface area contributed by atoms with Gasteiger partial charge in [0.25, 0.3) is 0 Å². The number of hydrogen-bond donors (Lipinski definition) is 2. The van der Waals surface area contributed by atoms with E-state index in [0.29, 0.717) is 12.8 Å². The van der Waals surface area contributed by atoms with Gasteiger partial charge >= 0.3 is 12.1 Å². The average Bonchev–Trinajstić information content (AvgIpc) is 3.11. The second-order valence-electron chi connectivity index (χ2n) is 10.0. The van der Waals surface area contributed by atoms with E-state index in [4.69, 9.17) is 9.84 Å². The van der Waals surface area contributed by atoms with E-state index in [1.54, 1.807) is 7.05 Å². The van der Waals surface area contributed by atoms with E-state index < -0.39 is 18.1 Å². The molecular formula is C27H34N2O5. The van der Waals surface area contributed by atoms with Crippen molar-refractivity contribution in [2.75, 3.05) is 20.2 Å². The molecule has 1 unspecified atom stereocenters. The number of nitrogens with zero attached hydrogens (tertiary/aromatic N) is 1. The first-order chi connectivity index (χ1) is 16.1. The molecule has 3 rings (SSSR count). The van der Waals surface area contributed by atoms with Gasteiger partial charge in [0, 0.05) is 19.5 Å². The fourth-order valence-electron chi connectivity index (χ4n) is 4.26. The number of likely N-dealkylation sites (N-methyl/N-ethyl adjacent to an activating group) is 1. The summed E-state index contributed by atoms with van der Waals surface area (Å²) in [4.78, 5) is 38.0. The molecule has 2 amide bonds. The van der Waals surface area contributed by atoms with E-state index in [0.717, 1.165) is 22.3 Å². The molecule has 0 radical (unpaired) electrons. The third kappa shape index (κ3) is 6.37. The first-order valence-electron chi connectivity index (χ1n) is 11.6. The number of carboxylic acids is 1. The number of carbonyl (C=O) groups excluding carboxylic acids is 2. The quantitative estimate of drug-likeness (QED) is 0.561. The summed E-state index contributed by atoms with van der Waals surface area (Å²) >= 11 is 0. The number of aliphatic carboxylic acids is 1. The van der Waals surface area contributed by atoms with E-state index in [1.807, 2.05) is 36.4 Å². The third-order valence-corrected chi connectivity index (χ3v) is 6.15. The summed E-state index contributed by atoms with van der Waals surface area (Å²) in [6.45, 7) is 6.43. The lowest BCUT2D eigenvalue weighted by atomic mass is 9.88. The molecule has 0 aliphatic heterocycles. The lowest BCUT2D eigenvalue weighted by molar-refractivity contribution is -0.138. The number of rotatable bonds is 9. The van der Waals surface area contributed by atoms with Crippen LogP contribution in [-0.4, -0.2) is 54.2 Å². The SMILES string of the molecule is CN(CCC(=O)O)C(=O)C(CCC(C)(C)C)NC(=O)OCC1c2ccccc2-c2ccccc21. The summed E-state index contributed by atoms with van der Waals surface area (Å²) in [6, 6.07) is 15.4. The molecule has 0 spiro atoms. The monoisotopic (exact) mass is 466 g/mol. The molecule has 0 saturated carbocycles. The van der Waals surface area contributed by atoms with Crippen LogP contribution < -0.4 is 5.32 Å². The number of alkyl carbamates (subject to hydrolysis) is 1. The van der Waals surface area contributed by atoms with Crippen LogP contribution in [0.25, 0.3) is 11.1 Å². The fourth-order valence-corrected chi connectivity index (χ4v) is 4.26. The minimum absolute atomic E-state index is 0.0268. The Kier molecular flexibility index (Phi) is 7.97. The van der Waals surface area contributed by atoms with Crippen molar-refractivity contribution in [2.24, 2.45) is 5.41 Å². The maximum Gasteiger partial charge on any atom is 0.407 e. The van der Waals surface area contributed by atoms with Crippen molar-refractivity contribution in [3.8, 4) is 11.1 Å². The van der Waals surface area contributed by atoms with E-state index in [2.05, 4.69) is 38.2 Å². The van der Waals surface area contributed by atoms with Crippen molar-refractivity contribution < 1.29 is 24.2 Å². The molecule has 0 aromatic heterocycles. The van der Waals surface area contributed by atoms with Gasteiger partial charge in [-0.1, -0.05) is 69.3 Å². The Morgan fingerprint density at radius 2 is 1.59 bits per heavy atom. The van der Waals surface area contributed by atoms with Gasteiger partial charge in [-0.15, -0.1) is 0 Å². The Labute approximate surface area is 201 Å². The van der Waals surface area contributed by atoms with Crippen LogP contribution in [0.5, 0.6) is 0 Å².